The van der Waals surface area contributed by atoms with E-state index in [1.165, 1.54) is 24.1 Å². The van der Waals surface area contributed by atoms with Crippen LogP contribution in [-0.2, 0) is 20.9 Å². The minimum absolute atomic E-state index is 0.0762. The lowest BCUT2D eigenvalue weighted by Crippen LogP contribution is -2.52. The smallest absolute Gasteiger partial charge is 0.293 e. The topological polar surface area (TPSA) is 174 Å². The molecule has 1 spiro atoms. The Hall–Kier alpha value is -5.88. The van der Waals surface area contributed by atoms with E-state index in [0.717, 1.165) is 62.8 Å². The van der Waals surface area contributed by atoms with Gasteiger partial charge in [0.1, 0.15) is 22.6 Å². The molecule has 350 valence electrons. The first kappa shape index (κ1) is 45.3. The number of alkyl halides is 1. The van der Waals surface area contributed by atoms with Crippen molar-refractivity contribution in [1.29, 1.82) is 0 Å². The molecule has 4 saturated heterocycles. The van der Waals surface area contributed by atoms with E-state index in [2.05, 4.69) is 30.7 Å². The predicted octanol–water partition coefficient (Wildman–Crippen LogP) is 5.49. The van der Waals surface area contributed by atoms with E-state index in [4.69, 9.17) is 21.3 Å². The van der Waals surface area contributed by atoms with Gasteiger partial charge in [0.2, 0.25) is 17.8 Å². The van der Waals surface area contributed by atoms with Gasteiger partial charge in [-0.1, -0.05) is 11.6 Å². The van der Waals surface area contributed by atoms with Crippen LogP contribution in [0.5, 0.6) is 5.75 Å². The number of fused-ring (bicyclic) bond motifs is 2. The van der Waals surface area contributed by atoms with E-state index in [0.29, 0.717) is 53.4 Å². The van der Waals surface area contributed by atoms with Gasteiger partial charge in [-0.2, -0.15) is 4.98 Å². The van der Waals surface area contributed by atoms with Gasteiger partial charge in [0, 0.05) is 99.5 Å². The molecule has 0 saturated carbocycles. The average Bonchev–Trinajstić information content (AvgIpc) is 3.62. The standard InChI is InChI=1S/C47H55ClF2N10O6/c1-28(2)60-35-5-4-31(20-29(35)21-38(44(60)65)66-26-40(62)51-3)53-41-34(48)24-52-45(55-41)58-16-10-46(11-17-58)8-14-56(15-9-46)27-47(50)12-18-57(19-13-47)37-23-30(49)22-32-33(37)25-59(43(32)64)36-6-7-39(61)54-42(36)63/h4-5,20-24,28,36H,6-19,25-27H2,1-3H3,(H,51,62)(H,52,53,55)(H,54,61,63). The molecule has 3 N–H and O–H groups in total. The lowest BCUT2D eigenvalue weighted by atomic mass is 9.71. The Morgan fingerprint density at radius 1 is 0.970 bits per heavy atom. The number of hydrogen-bond acceptors (Lipinski definition) is 12. The highest BCUT2D eigenvalue weighted by Crippen LogP contribution is 2.44. The number of likely N-dealkylation sites (N-methyl/N-ethyl adjacent to an activating group) is 1. The summed E-state index contributed by atoms with van der Waals surface area (Å²) < 4.78 is 38.8. The van der Waals surface area contributed by atoms with E-state index in [9.17, 15) is 28.4 Å². The zero-order valence-electron chi connectivity index (χ0n) is 37.4. The Kier molecular flexibility index (Phi) is 12.4. The molecule has 66 heavy (non-hydrogen) atoms. The number of piperidine rings is 4. The molecule has 2 aromatic carbocycles. The number of nitrogens with one attached hydrogen (secondary N) is 3. The van der Waals surface area contributed by atoms with Gasteiger partial charge >= 0.3 is 0 Å². The summed E-state index contributed by atoms with van der Waals surface area (Å²) in [5, 5.41) is 9.22. The third kappa shape index (κ3) is 9.00. The zero-order valence-corrected chi connectivity index (χ0v) is 38.2. The van der Waals surface area contributed by atoms with Gasteiger partial charge in [0.15, 0.2) is 18.2 Å². The molecule has 0 bridgehead atoms. The molecule has 0 aliphatic carbocycles. The molecule has 5 aliphatic rings. The first-order valence-corrected chi connectivity index (χ1v) is 23.2. The van der Waals surface area contributed by atoms with Gasteiger partial charge in [-0.15, -0.1) is 0 Å². The fourth-order valence-corrected chi connectivity index (χ4v) is 10.6. The second-order valence-corrected chi connectivity index (χ2v) is 19.2. The Bertz CT molecular complexity index is 2640. The van der Waals surface area contributed by atoms with Crippen molar-refractivity contribution in [3.8, 4) is 5.75 Å². The summed E-state index contributed by atoms with van der Waals surface area (Å²) in [6.07, 6.45) is 6.34. The van der Waals surface area contributed by atoms with E-state index in [-0.39, 0.29) is 79.0 Å². The van der Waals surface area contributed by atoms with Crippen LogP contribution in [-0.4, -0.2) is 119 Å². The van der Waals surface area contributed by atoms with Crippen LogP contribution in [0.15, 0.2) is 47.4 Å². The fourth-order valence-electron chi connectivity index (χ4n) is 10.4. The molecule has 5 aliphatic heterocycles. The minimum Gasteiger partial charge on any atom is -0.478 e. The van der Waals surface area contributed by atoms with Crippen molar-refractivity contribution >= 4 is 69.3 Å². The van der Waals surface area contributed by atoms with Gasteiger partial charge in [0.25, 0.3) is 17.4 Å². The number of carbonyl (C=O) groups is 4. The quantitative estimate of drug-likeness (QED) is 0.162. The maximum absolute atomic E-state index is 16.6. The van der Waals surface area contributed by atoms with Gasteiger partial charge in [0.05, 0.1) is 11.7 Å². The third-order valence-electron chi connectivity index (χ3n) is 14.3. The molecule has 19 heteroatoms. The summed E-state index contributed by atoms with van der Waals surface area (Å²) in [6, 6.07) is 8.88. The number of aromatic nitrogens is 3. The average molecular weight is 929 g/mol. The van der Waals surface area contributed by atoms with Gasteiger partial charge < -0.3 is 39.5 Å². The van der Waals surface area contributed by atoms with Crippen molar-refractivity contribution in [2.75, 3.05) is 74.6 Å². The highest BCUT2D eigenvalue weighted by Gasteiger charge is 2.44. The lowest BCUT2D eigenvalue weighted by molar-refractivity contribution is -0.137. The van der Waals surface area contributed by atoms with Crippen molar-refractivity contribution in [3.63, 3.8) is 0 Å². The molecule has 4 fully saturated rings. The summed E-state index contributed by atoms with van der Waals surface area (Å²) >= 11 is 6.62. The maximum atomic E-state index is 16.6. The maximum Gasteiger partial charge on any atom is 0.293 e. The van der Waals surface area contributed by atoms with Crippen LogP contribution in [0.3, 0.4) is 0 Å². The van der Waals surface area contributed by atoms with E-state index in [1.54, 1.807) is 16.8 Å². The number of carbonyl (C=O) groups excluding carboxylic acids is 4. The summed E-state index contributed by atoms with van der Waals surface area (Å²) in [5.74, 6) is -1.14. The van der Waals surface area contributed by atoms with Crippen molar-refractivity contribution < 1.29 is 32.7 Å². The monoisotopic (exact) mass is 928 g/mol. The zero-order chi connectivity index (χ0) is 46.5. The molecule has 1 atom stereocenters. The number of ether oxygens (including phenoxy) is 1. The lowest BCUT2D eigenvalue weighted by Gasteiger charge is -2.48. The van der Waals surface area contributed by atoms with Gasteiger partial charge in [-0.25, -0.2) is 13.8 Å². The molecule has 16 nitrogen and oxygen atoms in total. The van der Waals surface area contributed by atoms with E-state index in [1.807, 2.05) is 36.9 Å². The summed E-state index contributed by atoms with van der Waals surface area (Å²) in [6.45, 7) is 7.90. The first-order chi connectivity index (χ1) is 31.6. The van der Waals surface area contributed by atoms with E-state index >= 15 is 4.39 Å². The molecule has 4 amide bonds. The number of nitrogens with zero attached hydrogens (tertiary/aromatic N) is 7. The number of benzene rings is 2. The van der Waals surface area contributed by atoms with Crippen LogP contribution in [0.4, 0.5) is 31.9 Å². The number of anilines is 4. The van der Waals surface area contributed by atoms with Gasteiger partial charge in [-0.05, 0) is 101 Å². The Morgan fingerprint density at radius 2 is 1.68 bits per heavy atom. The Morgan fingerprint density at radius 3 is 2.38 bits per heavy atom. The first-order valence-electron chi connectivity index (χ1n) is 22.8. The SMILES string of the molecule is CNC(=O)COc1cc2cc(Nc3nc(N4CCC5(CCN(CC6(F)CCN(c7cc(F)cc8c7CN(C7CCC(=O)NC7=O)C8=O)CC6)CC5)CC4)ncc3Cl)ccc2n(C(C)C)c1=O. The third-order valence-corrected chi connectivity index (χ3v) is 14.6. The van der Waals surface area contributed by atoms with Crippen molar-refractivity contribution in [2.24, 2.45) is 5.41 Å². The van der Waals surface area contributed by atoms with Crippen molar-refractivity contribution in [3.05, 3.63) is 74.9 Å². The molecule has 9 rings (SSSR count). The molecular formula is C47H55ClF2N10O6. The number of likely N-dealkylation sites (tertiary alicyclic amines) is 1. The number of amides is 4. The second kappa shape index (κ2) is 18.1. The van der Waals surface area contributed by atoms with Crippen molar-refractivity contribution in [1.82, 2.24) is 35.0 Å². The van der Waals surface area contributed by atoms with E-state index < -0.39 is 29.3 Å². The predicted molar refractivity (Wildman–Crippen MR) is 246 cm³/mol. The van der Waals surface area contributed by atoms with Crippen LogP contribution in [0.1, 0.15) is 87.2 Å². The summed E-state index contributed by atoms with van der Waals surface area (Å²) in [5.41, 5.74) is 1.24. The highest BCUT2D eigenvalue weighted by molar-refractivity contribution is 6.33. The molecule has 4 aromatic rings. The van der Waals surface area contributed by atoms with Crippen LogP contribution in [0.25, 0.3) is 10.9 Å². The van der Waals surface area contributed by atoms with Gasteiger partial charge in [-0.3, -0.25) is 29.3 Å². The van der Waals surface area contributed by atoms with Crippen LogP contribution in [0.2, 0.25) is 5.02 Å². The van der Waals surface area contributed by atoms with Crippen molar-refractivity contribution in [2.45, 2.75) is 89.5 Å². The number of halogens is 3. The fraction of sp³-hybridized carbons (Fsp3) is 0.511. The molecular weight excluding hydrogens is 874 g/mol. The summed E-state index contributed by atoms with van der Waals surface area (Å²) in [7, 11) is 1.50. The Labute approximate surface area is 386 Å². The number of imide groups is 1. The van der Waals surface area contributed by atoms with Crippen LogP contribution >= 0.6 is 11.6 Å². The number of pyridine rings is 1. The molecule has 0 radical (unpaired) electrons. The molecule has 1 unspecified atom stereocenters. The second-order valence-electron chi connectivity index (χ2n) is 18.8. The Balaban J connectivity index is 0.784. The molecule has 7 heterocycles. The number of hydrogen-bond donors (Lipinski definition) is 3. The highest BCUT2D eigenvalue weighted by atomic mass is 35.5. The minimum atomic E-state index is -1.40. The normalized spacial score (nSPS) is 20.8. The van der Waals surface area contributed by atoms with Crippen LogP contribution < -0.4 is 36.0 Å². The summed E-state index contributed by atoms with van der Waals surface area (Å²) in [4.78, 5) is 80.1. The largest absolute Gasteiger partial charge is 0.478 e. The number of rotatable bonds is 11. The van der Waals surface area contributed by atoms with Crippen LogP contribution in [0, 0.1) is 11.2 Å². The molecule has 2 aromatic heterocycles.